The quantitative estimate of drug-likeness (QED) is 0.357. The third kappa shape index (κ3) is 5.48. The summed E-state index contributed by atoms with van der Waals surface area (Å²) in [5, 5.41) is 0.664. The number of hydrogen-bond acceptors (Lipinski definition) is 2. The highest BCUT2D eigenvalue weighted by molar-refractivity contribution is 9.10. The van der Waals surface area contributed by atoms with Gasteiger partial charge in [0.15, 0.2) is 0 Å². The molecule has 0 fully saturated rings. The summed E-state index contributed by atoms with van der Waals surface area (Å²) in [6.07, 6.45) is 3.05. The molecular weight excluding hydrogens is 400 g/mol. The fourth-order valence-electron chi connectivity index (χ4n) is 2.42. The molecule has 2 aromatic rings. The molecule has 5 heteroatoms. The van der Waals surface area contributed by atoms with Crippen LogP contribution < -0.4 is 4.74 Å². The largest absolute Gasteiger partial charge is 0.457 e. The molecule has 3 nitrogen and oxygen atoms in total. The summed E-state index contributed by atoms with van der Waals surface area (Å²) in [5.41, 5.74) is 3.09. The van der Waals surface area contributed by atoms with E-state index in [4.69, 9.17) is 16.3 Å². The molecule has 0 aliphatic rings. The van der Waals surface area contributed by atoms with Crippen LogP contribution in [-0.2, 0) is 0 Å². The number of benzene rings is 2. The maximum atomic E-state index is 6.03. The molecule has 0 N–H and O–H groups in total. The van der Waals surface area contributed by atoms with Gasteiger partial charge in [-0.15, -0.1) is 0 Å². The molecule has 0 radical (unpaired) electrons. The molecule has 0 bridgehead atoms. The van der Waals surface area contributed by atoms with Gasteiger partial charge in [-0.3, -0.25) is 0 Å². The van der Waals surface area contributed by atoms with Gasteiger partial charge in [0.2, 0.25) is 0 Å². The first-order valence-corrected chi connectivity index (χ1v) is 9.64. The van der Waals surface area contributed by atoms with Crippen LogP contribution >= 0.6 is 27.5 Å². The average Bonchev–Trinajstić information content (AvgIpc) is 2.58. The van der Waals surface area contributed by atoms with Gasteiger partial charge in [-0.1, -0.05) is 18.5 Å². The Morgan fingerprint density at radius 1 is 1.16 bits per heavy atom. The van der Waals surface area contributed by atoms with E-state index in [1.807, 2.05) is 44.5 Å². The van der Waals surface area contributed by atoms with Crippen molar-refractivity contribution >= 4 is 39.6 Å². The molecule has 2 rings (SSSR count). The minimum atomic E-state index is 0.664. The molecule has 2 aromatic carbocycles. The van der Waals surface area contributed by atoms with Crippen LogP contribution in [0.5, 0.6) is 11.5 Å². The lowest BCUT2D eigenvalue weighted by atomic mass is 10.1. The van der Waals surface area contributed by atoms with Gasteiger partial charge in [-0.2, -0.15) is 0 Å². The van der Waals surface area contributed by atoms with E-state index in [9.17, 15) is 0 Å². The van der Waals surface area contributed by atoms with E-state index < -0.39 is 0 Å². The van der Waals surface area contributed by atoms with Crippen LogP contribution in [0.25, 0.3) is 0 Å². The van der Waals surface area contributed by atoms with Crippen LogP contribution in [0.1, 0.15) is 31.4 Å². The standard InChI is InChI=1S/C20H24BrClN2O/c1-5-9-24(6-2)13-23-19-10-15(4)20(11-14(19)3)25-16-7-8-18(22)17(21)12-16/h7-8,10-13H,5-6,9H2,1-4H3/b23-13+. The van der Waals surface area contributed by atoms with Gasteiger partial charge < -0.3 is 9.64 Å². The van der Waals surface area contributed by atoms with Crippen molar-refractivity contribution in [3.63, 3.8) is 0 Å². The first kappa shape index (κ1) is 19.8. The van der Waals surface area contributed by atoms with Crippen LogP contribution in [0.15, 0.2) is 39.8 Å². The maximum absolute atomic E-state index is 6.03. The zero-order chi connectivity index (χ0) is 18.4. The van der Waals surface area contributed by atoms with E-state index >= 15 is 0 Å². The summed E-state index contributed by atoms with van der Waals surface area (Å²) in [5.74, 6) is 1.57. The van der Waals surface area contributed by atoms with E-state index in [2.05, 4.69) is 45.7 Å². The summed E-state index contributed by atoms with van der Waals surface area (Å²) < 4.78 is 6.83. The Balaban J connectivity index is 2.21. The predicted octanol–water partition coefficient (Wildman–Crippen LogP) is 6.90. The molecule has 0 atom stereocenters. The molecule has 0 spiro atoms. The number of aliphatic imine (C=N–C) groups is 1. The second-order valence-electron chi connectivity index (χ2n) is 5.96. The van der Waals surface area contributed by atoms with Crippen molar-refractivity contribution < 1.29 is 4.74 Å². The normalized spacial score (nSPS) is 11.1. The van der Waals surface area contributed by atoms with E-state index in [1.54, 1.807) is 0 Å². The molecular formula is C20H24BrClN2O. The molecule has 0 heterocycles. The zero-order valence-electron chi connectivity index (χ0n) is 15.1. The lowest BCUT2D eigenvalue weighted by Crippen LogP contribution is -2.21. The van der Waals surface area contributed by atoms with Gasteiger partial charge in [0.25, 0.3) is 0 Å². The van der Waals surface area contributed by atoms with Crippen molar-refractivity contribution in [1.82, 2.24) is 4.90 Å². The average molecular weight is 424 g/mol. The van der Waals surface area contributed by atoms with Gasteiger partial charge >= 0.3 is 0 Å². The van der Waals surface area contributed by atoms with Crippen LogP contribution in [0, 0.1) is 13.8 Å². The third-order valence-corrected chi connectivity index (χ3v) is 5.10. The molecule has 25 heavy (non-hydrogen) atoms. The molecule has 0 unspecified atom stereocenters. The first-order valence-electron chi connectivity index (χ1n) is 8.47. The van der Waals surface area contributed by atoms with Crippen LogP contribution in [-0.4, -0.2) is 24.3 Å². The lowest BCUT2D eigenvalue weighted by molar-refractivity contribution is 0.452. The van der Waals surface area contributed by atoms with E-state index in [1.165, 1.54) is 0 Å². The SMILES string of the molecule is CCCN(/C=N/c1cc(C)c(Oc2ccc(Cl)c(Br)c2)cc1C)CC. The minimum absolute atomic E-state index is 0.664. The van der Waals surface area contributed by atoms with Gasteiger partial charge in [-0.25, -0.2) is 4.99 Å². The Bertz CT molecular complexity index is 762. The number of nitrogens with zero attached hydrogens (tertiary/aromatic N) is 2. The van der Waals surface area contributed by atoms with Gasteiger partial charge in [0.1, 0.15) is 11.5 Å². The molecule has 0 amide bonds. The molecule has 0 aliphatic carbocycles. The highest BCUT2D eigenvalue weighted by atomic mass is 79.9. The Labute approximate surface area is 163 Å². The third-order valence-electron chi connectivity index (χ3n) is 3.89. The smallest absolute Gasteiger partial charge is 0.130 e. The van der Waals surface area contributed by atoms with Crippen molar-refractivity contribution in [2.24, 2.45) is 4.99 Å². The van der Waals surface area contributed by atoms with Crippen molar-refractivity contribution in [2.75, 3.05) is 13.1 Å². The molecule has 134 valence electrons. The van der Waals surface area contributed by atoms with E-state index in [0.717, 1.165) is 52.3 Å². The number of ether oxygens (including phenoxy) is 1. The lowest BCUT2D eigenvalue weighted by Gasteiger charge is -2.16. The van der Waals surface area contributed by atoms with Gasteiger partial charge in [0, 0.05) is 17.6 Å². The highest BCUT2D eigenvalue weighted by Crippen LogP contribution is 2.34. The fourth-order valence-corrected chi connectivity index (χ4v) is 2.89. The van der Waals surface area contributed by atoms with E-state index in [-0.39, 0.29) is 0 Å². The van der Waals surface area contributed by atoms with Crippen LogP contribution in [0.3, 0.4) is 0 Å². The molecule has 0 saturated heterocycles. The number of hydrogen-bond donors (Lipinski definition) is 0. The van der Waals surface area contributed by atoms with E-state index in [0.29, 0.717) is 5.02 Å². The van der Waals surface area contributed by atoms with Crippen LogP contribution in [0.4, 0.5) is 5.69 Å². The van der Waals surface area contributed by atoms with Crippen molar-refractivity contribution in [1.29, 1.82) is 0 Å². The van der Waals surface area contributed by atoms with Crippen molar-refractivity contribution in [3.8, 4) is 11.5 Å². The zero-order valence-corrected chi connectivity index (χ0v) is 17.5. The summed E-state index contributed by atoms with van der Waals surface area (Å²) in [4.78, 5) is 6.86. The summed E-state index contributed by atoms with van der Waals surface area (Å²) in [7, 11) is 0. The Morgan fingerprint density at radius 2 is 1.92 bits per heavy atom. The van der Waals surface area contributed by atoms with Crippen molar-refractivity contribution in [2.45, 2.75) is 34.1 Å². The number of rotatable bonds is 7. The summed E-state index contributed by atoms with van der Waals surface area (Å²) in [6, 6.07) is 9.63. The molecule has 0 saturated carbocycles. The molecule has 0 aromatic heterocycles. The Hall–Kier alpha value is -1.52. The van der Waals surface area contributed by atoms with Crippen molar-refractivity contribution in [3.05, 3.63) is 51.0 Å². The number of halogens is 2. The Kier molecular flexibility index (Phi) is 7.33. The Morgan fingerprint density at radius 3 is 2.56 bits per heavy atom. The van der Waals surface area contributed by atoms with Gasteiger partial charge in [-0.05, 0) is 84.6 Å². The van der Waals surface area contributed by atoms with Crippen LogP contribution in [0.2, 0.25) is 5.02 Å². The topological polar surface area (TPSA) is 24.8 Å². The highest BCUT2D eigenvalue weighted by Gasteiger charge is 2.08. The summed E-state index contributed by atoms with van der Waals surface area (Å²) >= 11 is 9.46. The summed E-state index contributed by atoms with van der Waals surface area (Å²) in [6.45, 7) is 10.4. The maximum Gasteiger partial charge on any atom is 0.130 e. The number of aryl methyl sites for hydroxylation is 2. The fraction of sp³-hybridized carbons (Fsp3) is 0.350. The van der Waals surface area contributed by atoms with Gasteiger partial charge in [0.05, 0.1) is 17.0 Å². The predicted molar refractivity (Wildman–Crippen MR) is 111 cm³/mol. The monoisotopic (exact) mass is 422 g/mol. The first-order chi connectivity index (χ1) is 11.9. The second-order valence-corrected chi connectivity index (χ2v) is 7.22. The minimum Gasteiger partial charge on any atom is -0.457 e. The molecule has 0 aliphatic heterocycles. The second kappa shape index (κ2) is 9.25.